The summed E-state index contributed by atoms with van der Waals surface area (Å²) < 4.78 is 0. The molecule has 0 bridgehead atoms. The maximum Gasteiger partial charge on any atom is 0.208 e. The SMILES string of the molecule is CN(c1nnc(-c2cc(N=CC=CN)ccc2O)s1)C1CC(C)(C)NC(C)(C)C1. The van der Waals surface area contributed by atoms with Gasteiger partial charge in [0.05, 0.1) is 11.3 Å². The first-order chi connectivity index (χ1) is 13.6. The van der Waals surface area contributed by atoms with Crippen molar-refractivity contribution >= 4 is 28.4 Å². The van der Waals surface area contributed by atoms with E-state index in [4.69, 9.17) is 5.73 Å². The highest BCUT2D eigenvalue weighted by molar-refractivity contribution is 7.18. The van der Waals surface area contributed by atoms with Gasteiger partial charge in [-0.15, -0.1) is 10.2 Å². The third-order valence-corrected chi connectivity index (χ3v) is 6.11. The van der Waals surface area contributed by atoms with Gasteiger partial charge in [0.2, 0.25) is 5.13 Å². The maximum atomic E-state index is 10.3. The molecule has 1 aliphatic heterocycles. The molecule has 1 aliphatic rings. The second-order valence-corrected chi connectivity index (χ2v) is 9.78. The average molecular weight is 415 g/mol. The molecule has 1 aromatic carbocycles. The van der Waals surface area contributed by atoms with Gasteiger partial charge in [-0.2, -0.15) is 0 Å². The molecule has 0 spiro atoms. The van der Waals surface area contributed by atoms with Gasteiger partial charge < -0.3 is 21.1 Å². The zero-order valence-corrected chi connectivity index (χ0v) is 18.5. The predicted molar refractivity (Wildman–Crippen MR) is 121 cm³/mol. The lowest BCUT2D eigenvalue weighted by Gasteiger charge is -2.48. The molecular formula is C21H30N6OS. The van der Waals surface area contributed by atoms with Crippen molar-refractivity contribution < 1.29 is 5.11 Å². The molecule has 0 radical (unpaired) electrons. The molecule has 2 aromatic rings. The van der Waals surface area contributed by atoms with Crippen LogP contribution in [0.4, 0.5) is 10.8 Å². The molecule has 2 heterocycles. The van der Waals surface area contributed by atoms with E-state index in [1.54, 1.807) is 30.5 Å². The summed E-state index contributed by atoms with van der Waals surface area (Å²) in [6.45, 7) is 8.96. The predicted octanol–water partition coefficient (Wildman–Crippen LogP) is 3.83. The molecule has 0 aliphatic carbocycles. The minimum Gasteiger partial charge on any atom is -0.507 e. The van der Waals surface area contributed by atoms with E-state index in [0.29, 0.717) is 22.3 Å². The Morgan fingerprint density at radius 2 is 1.93 bits per heavy atom. The third kappa shape index (κ3) is 5.13. The van der Waals surface area contributed by atoms with Gasteiger partial charge in [0.1, 0.15) is 5.75 Å². The zero-order valence-electron chi connectivity index (χ0n) is 17.7. The van der Waals surface area contributed by atoms with Gasteiger partial charge >= 0.3 is 0 Å². The first-order valence-corrected chi connectivity index (χ1v) is 10.5. The highest BCUT2D eigenvalue weighted by atomic mass is 32.1. The first kappa shape index (κ1) is 21.3. The molecular weight excluding hydrogens is 384 g/mol. The van der Waals surface area contributed by atoms with Crippen LogP contribution in [0.25, 0.3) is 10.6 Å². The van der Waals surface area contributed by atoms with Gasteiger partial charge in [-0.25, -0.2) is 0 Å². The van der Waals surface area contributed by atoms with Gasteiger partial charge in [-0.05, 0) is 71.0 Å². The van der Waals surface area contributed by atoms with Crippen molar-refractivity contribution in [1.82, 2.24) is 15.5 Å². The fourth-order valence-corrected chi connectivity index (χ4v) is 5.02. The van der Waals surface area contributed by atoms with Crippen molar-refractivity contribution in [2.24, 2.45) is 10.7 Å². The number of aromatic nitrogens is 2. The van der Waals surface area contributed by atoms with Crippen molar-refractivity contribution in [2.45, 2.75) is 57.7 Å². The molecule has 29 heavy (non-hydrogen) atoms. The monoisotopic (exact) mass is 414 g/mol. The van der Waals surface area contributed by atoms with Crippen LogP contribution in [0.5, 0.6) is 5.75 Å². The largest absolute Gasteiger partial charge is 0.507 e. The molecule has 7 nitrogen and oxygen atoms in total. The summed E-state index contributed by atoms with van der Waals surface area (Å²) in [7, 11) is 2.08. The zero-order chi connectivity index (χ0) is 21.2. The highest BCUT2D eigenvalue weighted by Crippen LogP contribution is 2.39. The van der Waals surface area contributed by atoms with E-state index in [2.05, 4.69) is 60.1 Å². The molecule has 8 heteroatoms. The second kappa shape index (κ2) is 8.12. The van der Waals surface area contributed by atoms with Gasteiger partial charge in [-0.1, -0.05) is 11.3 Å². The fraction of sp³-hybridized carbons (Fsp3) is 0.476. The van der Waals surface area contributed by atoms with Gasteiger partial charge in [-0.3, -0.25) is 4.99 Å². The second-order valence-electron chi connectivity index (χ2n) is 8.82. The molecule has 1 saturated heterocycles. The highest BCUT2D eigenvalue weighted by Gasteiger charge is 2.39. The van der Waals surface area contributed by atoms with Gasteiger partial charge in [0.15, 0.2) is 5.01 Å². The number of phenolic OH excluding ortho intramolecular Hbond substituents is 1. The van der Waals surface area contributed by atoms with E-state index in [-0.39, 0.29) is 16.8 Å². The molecule has 0 atom stereocenters. The van der Waals surface area contributed by atoms with E-state index < -0.39 is 0 Å². The number of phenols is 1. The molecule has 1 aromatic heterocycles. The molecule has 0 unspecified atom stereocenters. The summed E-state index contributed by atoms with van der Waals surface area (Å²) in [4.78, 5) is 6.53. The topological polar surface area (TPSA) is 99.7 Å². The quantitative estimate of drug-likeness (QED) is 0.643. The van der Waals surface area contributed by atoms with Gasteiger partial charge in [0.25, 0.3) is 0 Å². The average Bonchev–Trinajstić information content (AvgIpc) is 3.10. The number of nitrogens with one attached hydrogen (secondary N) is 1. The smallest absolute Gasteiger partial charge is 0.208 e. The summed E-state index contributed by atoms with van der Waals surface area (Å²) in [5.41, 5.74) is 6.77. The van der Waals surface area contributed by atoms with Crippen LogP contribution in [-0.4, -0.2) is 45.7 Å². The van der Waals surface area contributed by atoms with Crippen LogP contribution >= 0.6 is 11.3 Å². The Bertz CT molecular complexity index is 902. The van der Waals surface area contributed by atoms with Crippen LogP contribution in [0.15, 0.2) is 35.5 Å². The maximum absolute atomic E-state index is 10.3. The molecule has 0 saturated carbocycles. The number of aliphatic imine (C=N–C) groups is 1. The van der Waals surface area contributed by atoms with E-state index in [1.165, 1.54) is 17.5 Å². The molecule has 3 rings (SSSR count). The Labute approximate surface area is 176 Å². The Morgan fingerprint density at radius 3 is 2.59 bits per heavy atom. The van der Waals surface area contributed by atoms with Crippen molar-refractivity contribution in [3.05, 3.63) is 30.5 Å². The Morgan fingerprint density at radius 1 is 1.24 bits per heavy atom. The fourth-order valence-electron chi connectivity index (χ4n) is 4.12. The summed E-state index contributed by atoms with van der Waals surface area (Å²) >= 11 is 1.48. The van der Waals surface area contributed by atoms with Crippen LogP contribution in [0.1, 0.15) is 40.5 Å². The number of aromatic hydroxyl groups is 1. The number of piperidine rings is 1. The number of rotatable bonds is 5. The number of anilines is 1. The molecule has 4 N–H and O–H groups in total. The van der Waals surface area contributed by atoms with Crippen molar-refractivity contribution in [3.8, 4) is 16.3 Å². The summed E-state index contributed by atoms with van der Waals surface area (Å²) in [6, 6.07) is 5.52. The first-order valence-electron chi connectivity index (χ1n) is 9.70. The number of nitrogens with two attached hydrogens (primary N) is 1. The summed E-state index contributed by atoms with van der Waals surface area (Å²) in [6.07, 6.45) is 6.71. The minimum absolute atomic E-state index is 0.0524. The standard InChI is InChI=1S/C21H30N6OS/c1-20(2)12-15(13-21(3,4)26-20)27(5)19-25-24-18(29-19)16-11-14(7-8-17(16)28)23-10-6-9-22/h6-11,15,26,28H,12-13,22H2,1-5H3. The number of allylic oxidation sites excluding steroid dienone is 1. The van der Waals surface area contributed by atoms with E-state index >= 15 is 0 Å². The minimum atomic E-state index is 0.0524. The third-order valence-electron chi connectivity index (χ3n) is 5.06. The number of hydrogen-bond acceptors (Lipinski definition) is 8. The van der Waals surface area contributed by atoms with Crippen molar-refractivity contribution in [1.29, 1.82) is 0 Å². The van der Waals surface area contributed by atoms with Gasteiger partial charge in [0, 0.05) is 30.4 Å². The number of hydrogen-bond donors (Lipinski definition) is 3. The van der Waals surface area contributed by atoms with Crippen LogP contribution in [-0.2, 0) is 0 Å². The van der Waals surface area contributed by atoms with Crippen molar-refractivity contribution in [2.75, 3.05) is 11.9 Å². The van der Waals surface area contributed by atoms with Crippen molar-refractivity contribution in [3.63, 3.8) is 0 Å². The molecule has 156 valence electrons. The Kier molecular flexibility index (Phi) is 5.95. The van der Waals surface area contributed by atoms with Crippen LogP contribution in [0.2, 0.25) is 0 Å². The normalized spacial score (nSPS) is 19.2. The van der Waals surface area contributed by atoms with E-state index in [9.17, 15) is 5.11 Å². The lowest BCUT2D eigenvalue weighted by Crippen LogP contribution is -2.61. The van der Waals surface area contributed by atoms with Crippen LogP contribution in [0, 0.1) is 0 Å². The Hall–Kier alpha value is -2.45. The van der Waals surface area contributed by atoms with E-state index in [0.717, 1.165) is 18.0 Å². The van der Waals surface area contributed by atoms with Crippen LogP contribution < -0.4 is 16.0 Å². The summed E-state index contributed by atoms with van der Waals surface area (Å²) in [5, 5.41) is 24.3. The lowest BCUT2D eigenvalue weighted by atomic mass is 9.79. The lowest BCUT2D eigenvalue weighted by molar-refractivity contribution is 0.161. The molecule has 1 fully saturated rings. The Balaban J connectivity index is 1.84. The summed E-state index contributed by atoms with van der Waals surface area (Å²) in [5.74, 6) is 0.160. The number of nitrogens with zero attached hydrogens (tertiary/aromatic N) is 4. The molecule has 0 amide bonds. The van der Waals surface area contributed by atoms with Crippen LogP contribution in [0.3, 0.4) is 0 Å². The van der Waals surface area contributed by atoms with E-state index in [1.807, 2.05) is 0 Å². The number of benzene rings is 1.